The molecule has 0 spiro atoms. The highest BCUT2D eigenvalue weighted by Crippen LogP contribution is 1.74. The van der Waals surface area contributed by atoms with Crippen LogP contribution in [0.5, 0.6) is 0 Å². The molecule has 0 saturated heterocycles. The molecule has 0 saturated carbocycles. The van der Waals surface area contributed by atoms with Crippen LogP contribution in [0.3, 0.4) is 0 Å². The molecule has 0 aliphatic rings. The van der Waals surface area contributed by atoms with Gasteiger partial charge in [0.2, 0.25) is 6.79 Å². The van der Waals surface area contributed by atoms with Crippen LogP contribution in [0.15, 0.2) is 0 Å². The first kappa shape index (κ1) is 13.3. The summed E-state index contributed by atoms with van der Waals surface area (Å²) in [6.07, 6.45) is 0. The lowest BCUT2D eigenvalue weighted by Crippen LogP contribution is -3.20. The molecule has 0 aromatic rings. The minimum absolute atomic E-state index is 0.275. The van der Waals surface area contributed by atoms with E-state index in [-0.39, 0.29) is 12.1 Å². The van der Waals surface area contributed by atoms with E-state index in [1.54, 1.807) is 0 Å². The van der Waals surface area contributed by atoms with E-state index in [0.717, 1.165) is 0 Å². The predicted molar refractivity (Wildman–Crippen MR) is 48.1 cm³/mol. The van der Waals surface area contributed by atoms with Crippen LogP contribution in [0.1, 0.15) is 20.8 Å². The van der Waals surface area contributed by atoms with Crippen molar-refractivity contribution < 1.29 is 19.7 Å². The lowest BCUT2D eigenvalue weighted by molar-refractivity contribution is -1.04. The number of carbonyl (C=O) groups excluding carboxylic acids is 1. The molecule has 0 heterocycles. The van der Waals surface area contributed by atoms with Gasteiger partial charge in [0.1, 0.15) is 0 Å². The molecule has 0 radical (unpaired) electrons. The van der Waals surface area contributed by atoms with E-state index in [4.69, 9.17) is 0 Å². The lowest BCUT2D eigenvalue weighted by atomic mass is 10.6. The zero-order chi connectivity index (χ0) is 11.0. The Balaban J connectivity index is 3.51. The van der Waals surface area contributed by atoms with Gasteiger partial charge < -0.3 is 9.94 Å². The highest BCUT2D eigenvalue weighted by Gasteiger charge is 2.06. The van der Waals surface area contributed by atoms with Gasteiger partial charge in [-0.1, -0.05) is 0 Å². The summed E-state index contributed by atoms with van der Waals surface area (Å²) in [6, 6.07) is 0. The van der Waals surface area contributed by atoms with Gasteiger partial charge in [-0.25, -0.2) is 4.84 Å². The van der Waals surface area contributed by atoms with Gasteiger partial charge in [0.25, 0.3) is 0 Å². The van der Waals surface area contributed by atoms with Gasteiger partial charge in [-0.05, 0) is 19.4 Å². The first-order valence-electron chi connectivity index (χ1n) is 4.41. The van der Waals surface area contributed by atoms with Crippen LogP contribution in [0.2, 0.25) is 0 Å². The molecule has 7 heteroatoms. The Morgan fingerprint density at radius 2 is 2.07 bits per heavy atom. The number of hydrogen-bond acceptors (Lipinski definition) is 6. The van der Waals surface area contributed by atoms with Gasteiger partial charge in [0.15, 0.2) is 0 Å². The number of rotatable bonds is 7. The van der Waals surface area contributed by atoms with Gasteiger partial charge in [-0.15, -0.1) is 5.01 Å². The number of nitrogens with zero attached hydrogens (tertiary/aromatic N) is 1. The van der Waals surface area contributed by atoms with Gasteiger partial charge in [-0.3, -0.25) is 4.79 Å². The number of quaternary nitrogens is 1. The molecule has 0 bridgehead atoms. The summed E-state index contributed by atoms with van der Waals surface area (Å²) >= 11 is 0. The van der Waals surface area contributed by atoms with Gasteiger partial charge in [0, 0.05) is 20.0 Å². The van der Waals surface area contributed by atoms with E-state index in [2.05, 4.69) is 15.2 Å². The van der Waals surface area contributed by atoms with Crippen molar-refractivity contribution in [2.24, 2.45) is 0 Å². The van der Waals surface area contributed by atoms with Crippen LogP contribution in [-0.2, 0) is 14.4 Å². The molecule has 2 N–H and O–H groups in total. The molecule has 14 heavy (non-hydrogen) atoms. The van der Waals surface area contributed by atoms with Crippen molar-refractivity contribution in [3.05, 3.63) is 5.21 Å². The number of carbonyl (C=O) groups is 1. The number of ether oxygens (including phenoxy) is 1. The van der Waals surface area contributed by atoms with E-state index in [0.29, 0.717) is 13.1 Å². The van der Waals surface area contributed by atoms with E-state index in [9.17, 15) is 10.0 Å². The summed E-state index contributed by atoms with van der Waals surface area (Å²) < 4.78 is 4.44. The first-order chi connectivity index (χ1) is 6.61. The van der Waals surface area contributed by atoms with E-state index >= 15 is 0 Å². The molecule has 0 aromatic carbocycles. The topological polar surface area (TPSA) is 78.3 Å². The molecule has 0 rings (SSSR count). The van der Waals surface area contributed by atoms with Crippen LogP contribution in [0, 0.1) is 5.21 Å². The molecular weight excluding hydrogens is 190 g/mol. The van der Waals surface area contributed by atoms with Gasteiger partial charge in [-0.2, -0.15) is 5.28 Å². The fourth-order valence-electron chi connectivity index (χ4n) is 0.779. The van der Waals surface area contributed by atoms with Crippen molar-refractivity contribution in [2.75, 3.05) is 19.9 Å². The molecule has 0 aliphatic carbocycles. The third kappa shape index (κ3) is 5.84. The van der Waals surface area contributed by atoms with Crippen LogP contribution in [-0.4, -0.2) is 30.9 Å². The Bertz CT molecular complexity index is 163. The second kappa shape index (κ2) is 7.65. The summed E-state index contributed by atoms with van der Waals surface area (Å²) in [5.74, 6) is -0.456. The van der Waals surface area contributed by atoms with Crippen molar-refractivity contribution in [3.63, 3.8) is 0 Å². The summed E-state index contributed by atoms with van der Waals surface area (Å²) in [7, 11) is 0. The fraction of sp³-hybridized carbons (Fsp3) is 0.857. The SMILES string of the molecule is CCN(CC)[NH+]([O-])NOCOC(C)=O. The Morgan fingerprint density at radius 1 is 1.50 bits per heavy atom. The summed E-state index contributed by atoms with van der Waals surface area (Å²) in [5, 5.41) is 12.4. The average Bonchev–Trinajstić information content (AvgIpc) is 2.14. The summed E-state index contributed by atoms with van der Waals surface area (Å²) in [5.41, 5.74) is 2.15. The van der Waals surface area contributed by atoms with Crippen molar-refractivity contribution in [2.45, 2.75) is 20.8 Å². The second-order valence-corrected chi connectivity index (χ2v) is 2.48. The fourth-order valence-corrected chi connectivity index (χ4v) is 0.779. The smallest absolute Gasteiger partial charge is 0.304 e. The monoisotopic (exact) mass is 207 g/mol. The van der Waals surface area contributed by atoms with Crippen molar-refractivity contribution in [3.8, 4) is 0 Å². The van der Waals surface area contributed by atoms with Crippen molar-refractivity contribution in [1.82, 2.24) is 10.6 Å². The minimum atomic E-state index is -0.456. The summed E-state index contributed by atoms with van der Waals surface area (Å²) in [6.45, 7) is 5.89. The molecule has 84 valence electrons. The van der Waals surface area contributed by atoms with E-state index in [1.165, 1.54) is 11.9 Å². The minimum Gasteiger partial charge on any atom is -0.591 e. The summed E-state index contributed by atoms with van der Waals surface area (Å²) in [4.78, 5) is 14.9. The van der Waals surface area contributed by atoms with E-state index in [1.807, 2.05) is 13.8 Å². The Hall–Kier alpha value is -0.730. The molecule has 0 aliphatic heterocycles. The Morgan fingerprint density at radius 3 is 2.50 bits per heavy atom. The molecular formula is C7H17N3O4. The molecule has 1 unspecified atom stereocenters. The molecule has 0 aromatic heterocycles. The quantitative estimate of drug-likeness (QED) is 0.231. The average molecular weight is 207 g/mol. The third-order valence-corrected chi connectivity index (χ3v) is 1.53. The number of nitrogens with one attached hydrogen (secondary N) is 2. The van der Waals surface area contributed by atoms with Crippen LogP contribution in [0.4, 0.5) is 0 Å². The largest absolute Gasteiger partial charge is 0.591 e. The zero-order valence-corrected chi connectivity index (χ0v) is 8.70. The second-order valence-electron chi connectivity index (χ2n) is 2.48. The molecule has 7 nitrogen and oxygen atoms in total. The van der Waals surface area contributed by atoms with Crippen LogP contribution >= 0.6 is 0 Å². The normalized spacial score (nSPS) is 12.9. The molecule has 1 atom stereocenters. The maximum Gasteiger partial charge on any atom is 0.304 e. The zero-order valence-electron chi connectivity index (χ0n) is 8.70. The number of esters is 1. The predicted octanol–water partition coefficient (Wildman–Crippen LogP) is -1.42. The van der Waals surface area contributed by atoms with Gasteiger partial charge in [0.05, 0.1) is 0 Å². The Kier molecular flexibility index (Phi) is 7.25. The first-order valence-corrected chi connectivity index (χ1v) is 4.41. The maximum atomic E-state index is 11.2. The highest BCUT2D eigenvalue weighted by molar-refractivity contribution is 5.65. The highest BCUT2D eigenvalue weighted by atomic mass is 16.8. The van der Waals surface area contributed by atoms with E-state index < -0.39 is 5.97 Å². The molecule has 0 fully saturated rings. The Labute approximate surface area is 83.0 Å². The van der Waals surface area contributed by atoms with Crippen molar-refractivity contribution in [1.29, 1.82) is 0 Å². The number of hydrogen-bond donors (Lipinski definition) is 2. The van der Waals surface area contributed by atoms with Gasteiger partial charge >= 0.3 is 5.97 Å². The van der Waals surface area contributed by atoms with Crippen LogP contribution in [0.25, 0.3) is 0 Å². The van der Waals surface area contributed by atoms with Crippen LogP contribution < -0.4 is 10.9 Å². The molecule has 0 amide bonds. The standard InChI is InChI=1S/C7H17N3O4/c1-4-9(5-2)10(12)8-14-6-13-7(3)11/h8,10H,4-6H2,1-3H3. The third-order valence-electron chi connectivity index (χ3n) is 1.53. The lowest BCUT2D eigenvalue weighted by Gasteiger charge is -2.30. The maximum absolute atomic E-state index is 11.2. The van der Waals surface area contributed by atoms with Crippen molar-refractivity contribution >= 4 is 5.97 Å².